The summed E-state index contributed by atoms with van der Waals surface area (Å²) in [6.07, 6.45) is 8.04. The van der Waals surface area contributed by atoms with E-state index in [0.717, 1.165) is 57.4 Å². The molecule has 0 spiro atoms. The molecule has 35 heavy (non-hydrogen) atoms. The van der Waals surface area contributed by atoms with Crippen LogP contribution in [-0.4, -0.2) is 19.1 Å². The highest BCUT2D eigenvalue weighted by atomic mass is 16.5. The maximum Gasteiger partial charge on any atom is 0.244 e. The minimum atomic E-state index is -0.0688. The molecule has 0 saturated heterocycles. The first kappa shape index (κ1) is 24.6. The molecule has 0 aliphatic rings. The molecular formula is C31H35NO3. The van der Waals surface area contributed by atoms with Crippen LogP contribution in [0.15, 0.2) is 65.3 Å². The number of rotatable bonds is 10. The summed E-state index contributed by atoms with van der Waals surface area (Å²) < 4.78 is 12.1. The summed E-state index contributed by atoms with van der Waals surface area (Å²) >= 11 is 0. The van der Waals surface area contributed by atoms with Gasteiger partial charge in [-0.1, -0.05) is 68.7 Å². The number of aryl methyl sites for hydroxylation is 1. The minimum Gasteiger partial charge on any atom is -0.493 e. The van der Waals surface area contributed by atoms with Crippen LogP contribution in [0, 0.1) is 6.92 Å². The molecule has 4 aromatic rings. The Kier molecular flexibility index (Phi) is 7.91. The Hall–Kier alpha value is -3.53. The van der Waals surface area contributed by atoms with Crippen LogP contribution in [-0.2, 0) is 4.79 Å². The highest BCUT2D eigenvalue weighted by Gasteiger charge is 2.20. The number of hydrogen-bond donors (Lipinski definition) is 1. The molecule has 1 amide bonds. The Morgan fingerprint density at radius 3 is 2.60 bits per heavy atom. The van der Waals surface area contributed by atoms with E-state index in [4.69, 9.17) is 9.15 Å². The number of nitrogens with one attached hydrogen (secondary N) is 1. The van der Waals surface area contributed by atoms with Crippen LogP contribution in [0.2, 0.25) is 0 Å². The van der Waals surface area contributed by atoms with Gasteiger partial charge in [0, 0.05) is 34.7 Å². The van der Waals surface area contributed by atoms with Crippen LogP contribution in [0.3, 0.4) is 0 Å². The molecule has 0 bridgehead atoms. The normalized spacial score (nSPS) is 11.8. The van der Waals surface area contributed by atoms with Crippen LogP contribution in [0.1, 0.15) is 57.6 Å². The summed E-state index contributed by atoms with van der Waals surface area (Å²) in [5.41, 5.74) is 5.71. The van der Waals surface area contributed by atoms with E-state index in [1.807, 2.05) is 27.0 Å². The number of hydrogen-bond acceptors (Lipinski definition) is 3. The highest BCUT2D eigenvalue weighted by molar-refractivity contribution is 6.07. The van der Waals surface area contributed by atoms with Gasteiger partial charge in [-0.2, -0.15) is 0 Å². The number of ether oxygens (including phenoxy) is 1. The van der Waals surface area contributed by atoms with E-state index < -0.39 is 0 Å². The Bertz CT molecular complexity index is 1360. The van der Waals surface area contributed by atoms with E-state index in [-0.39, 0.29) is 5.91 Å². The molecule has 1 aromatic heterocycles. The lowest BCUT2D eigenvalue weighted by Crippen LogP contribution is -2.22. The predicted octanol–water partition coefficient (Wildman–Crippen LogP) is 8.06. The molecule has 0 atom stereocenters. The van der Waals surface area contributed by atoms with Gasteiger partial charge in [-0.25, -0.2) is 0 Å². The van der Waals surface area contributed by atoms with Crippen LogP contribution < -0.4 is 10.1 Å². The summed E-state index contributed by atoms with van der Waals surface area (Å²) in [5, 5.41) is 6.41. The molecule has 0 fully saturated rings. The van der Waals surface area contributed by atoms with Crippen molar-refractivity contribution in [3.8, 4) is 16.9 Å². The molecule has 4 nitrogen and oxygen atoms in total. The Labute approximate surface area is 208 Å². The summed E-state index contributed by atoms with van der Waals surface area (Å²) in [7, 11) is 0. The summed E-state index contributed by atoms with van der Waals surface area (Å²) in [6, 6.07) is 16.8. The SMILES string of the molecule is CCCCCCNC(=O)/C=C(\C)c1cc2c(-c3cccc4ccccc34)coc2c(C)c1OCC. The topological polar surface area (TPSA) is 51.5 Å². The number of carbonyl (C=O) groups is 1. The van der Waals surface area contributed by atoms with Gasteiger partial charge in [0.05, 0.1) is 12.9 Å². The molecule has 4 heteroatoms. The largest absolute Gasteiger partial charge is 0.493 e. The second-order valence-electron chi connectivity index (χ2n) is 9.04. The summed E-state index contributed by atoms with van der Waals surface area (Å²) in [5.74, 6) is 0.698. The summed E-state index contributed by atoms with van der Waals surface area (Å²) in [6.45, 7) is 9.38. The van der Waals surface area contributed by atoms with Gasteiger partial charge in [0.15, 0.2) is 0 Å². The Balaban J connectivity index is 1.75. The van der Waals surface area contributed by atoms with Gasteiger partial charge in [-0.3, -0.25) is 4.79 Å². The van der Waals surface area contributed by atoms with Crippen molar-refractivity contribution in [1.29, 1.82) is 0 Å². The van der Waals surface area contributed by atoms with Crippen LogP contribution in [0.5, 0.6) is 5.75 Å². The fourth-order valence-electron chi connectivity index (χ4n) is 4.70. The number of unbranched alkanes of at least 4 members (excludes halogenated alkanes) is 3. The monoisotopic (exact) mass is 469 g/mol. The lowest BCUT2D eigenvalue weighted by Gasteiger charge is -2.15. The second kappa shape index (κ2) is 11.3. The Morgan fingerprint density at radius 1 is 1.00 bits per heavy atom. The van der Waals surface area contributed by atoms with Crippen LogP contribution in [0.25, 0.3) is 38.4 Å². The zero-order valence-electron chi connectivity index (χ0n) is 21.2. The van der Waals surface area contributed by atoms with Gasteiger partial charge >= 0.3 is 0 Å². The van der Waals surface area contributed by atoms with Gasteiger partial charge in [0.25, 0.3) is 0 Å². The van der Waals surface area contributed by atoms with Gasteiger partial charge in [-0.05, 0) is 55.2 Å². The quantitative estimate of drug-likeness (QED) is 0.189. The third kappa shape index (κ3) is 5.27. The number of amides is 1. The van der Waals surface area contributed by atoms with Crippen LogP contribution in [0.4, 0.5) is 0 Å². The Morgan fingerprint density at radius 2 is 1.80 bits per heavy atom. The smallest absolute Gasteiger partial charge is 0.244 e. The number of carbonyl (C=O) groups excluding carboxylic acids is 1. The van der Waals surface area contributed by atoms with Gasteiger partial charge in [0.1, 0.15) is 11.3 Å². The van der Waals surface area contributed by atoms with Crippen molar-refractivity contribution < 1.29 is 13.9 Å². The zero-order valence-corrected chi connectivity index (χ0v) is 21.2. The first-order valence-electron chi connectivity index (χ1n) is 12.7. The zero-order chi connectivity index (χ0) is 24.8. The van der Waals surface area contributed by atoms with Crippen molar-refractivity contribution in [2.75, 3.05) is 13.2 Å². The molecule has 0 aliphatic carbocycles. The lowest BCUT2D eigenvalue weighted by atomic mass is 9.94. The van der Waals surface area contributed by atoms with Crippen molar-refractivity contribution in [2.24, 2.45) is 0 Å². The second-order valence-corrected chi connectivity index (χ2v) is 9.04. The van der Waals surface area contributed by atoms with E-state index in [9.17, 15) is 4.79 Å². The van der Waals surface area contributed by atoms with Crippen molar-refractivity contribution in [2.45, 2.75) is 53.4 Å². The van der Waals surface area contributed by atoms with Crippen molar-refractivity contribution in [3.05, 3.63) is 72.0 Å². The average Bonchev–Trinajstić information content (AvgIpc) is 3.29. The molecule has 0 radical (unpaired) electrons. The molecule has 3 aromatic carbocycles. The number of fused-ring (bicyclic) bond motifs is 2. The molecular weight excluding hydrogens is 434 g/mol. The molecule has 0 aliphatic heterocycles. The van der Waals surface area contributed by atoms with E-state index in [1.165, 1.54) is 23.6 Å². The number of furan rings is 1. The highest BCUT2D eigenvalue weighted by Crippen LogP contribution is 2.42. The third-order valence-corrected chi connectivity index (χ3v) is 6.51. The minimum absolute atomic E-state index is 0.0688. The third-order valence-electron chi connectivity index (χ3n) is 6.51. The standard InChI is InChI=1S/C31H35NO3/c1-5-7-8-11-17-32-29(33)18-21(3)26-19-27-28(20-35-31(27)22(4)30(26)34-6-2)25-16-12-14-23-13-9-10-15-24(23)25/h9-10,12-16,18-20H,5-8,11,17H2,1-4H3,(H,32,33)/b21-18+. The average molecular weight is 470 g/mol. The van der Waals surface area contributed by atoms with Crippen molar-refractivity contribution in [1.82, 2.24) is 5.32 Å². The van der Waals surface area contributed by atoms with Gasteiger partial charge in [-0.15, -0.1) is 0 Å². The molecule has 0 unspecified atom stereocenters. The predicted molar refractivity (Wildman–Crippen MR) is 146 cm³/mol. The van der Waals surface area contributed by atoms with E-state index in [0.29, 0.717) is 13.2 Å². The molecule has 0 saturated carbocycles. The summed E-state index contributed by atoms with van der Waals surface area (Å²) in [4.78, 5) is 12.6. The maximum absolute atomic E-state index is 12.6. The molecule has 182 valence electrons. The molecule has 1 N–H and O–H groups in total. The van der Waals surface area contributed by atoms with E-state index in [2.05, 4.69) is 60.8 Å². The van der Waals surface area contributed by atoms with Crippen molar-refractivity contribution >= 4 is 33.2 Å². The molecule has 1 heterocycles. The van der Waals surface area contributed by atoms with E-state index >= 15 is 0 Å². The first-order valence-corrected chi connectivity index (χ1v) is 12.7. The number of allylic oxidation sites excluding steroid dienone is 1. The van der Waals surface area contributed by atoms with Crippen molar-refractivity contribution in [3.63, 3.8) is 0 Å². The first-order chi connectivity index (χ1) is 17.0. The van der Waals surface area contributed by atoms with Crippen LogP contribution >= 0.6 is 0 Å². The fraction of sp³-hybridized carbons (Fsp3) is 0.323. The lowest BCUT2D eigenvalue weighted by molar-refractivity contribution is -0.116. The molecule has 4 rings (SSSR count). The van der Waals surface area contributed by atoms with Gasteiger partial charge in [0.2, 0.25) is 5.91 Å². The fourth-order valence-corrected chi connectivity index (χ4v) is 4.70. The van der Waals surface area contributed by atoms with E-state index in [1.54, 1.807) is 6.08 Å². The maximum atomic E-state index is 12.6. The number of benzene rings is 3. The van der Waals surface area contributed by atoms with Gasteiger partial charge < -0.3 is 14.5 Å².